The summed E-state index contributed by atoms with van der Waals surface area (Å²) in [6.45, 7) is 7.69. The molecule has 0 radical (unpaired) electrons. The number of amides is 2. The van der Waals surface area contributed by atoms with Gasteiger partial charge < -0.3 is 14.7 Å². The number of piperazine rings is 1. The van der Waals surface area contributed by atoms with Crippen LogP contribution < -0.4 is 4.90 Å². The summed E-state index contributed by atoms with van der Waals surface area (Å²) in [6.07, 6.45) is 0. The molecule has 24 heavy (non-hydrogen) atoms. The van der Waals surface area contributed by atoms with Crippen molar-refractivity contribution in [1.82, 2.24) is 9.80 Å². The molecule has 0 unspecified atom stereocenters. The molecule has 2 amide bonds. The Morgan fingerprint density at radius 1 is 1.25 bits per heavy atom. The fraction of sp³-hybridized carbons (Fsp3) is 0.556. The number of thioether (sulfide) groups is 1. The highest BCUT2D eigenvalue weighted by Crippen LogP contribution is 2.42. The summed E-state index contributed by atoms with van der Waals surface area (Å²) >= 11 is 1.63. The first-order valence-electron chi connectivity index (χ1n) is 8.57. The van der Waals surface area contributed by atoms with Crippen LogP contribution in [0.5, 0.6) is 0 Å². The summed E-state index contributed by atoms with van der Waals surface area (Å²) in [6, 6.07) is 8.25. The SMILES string of the molecule is Cc1ccc([C@H]2S[C@H](C)C(=O)N2CC(=O)N2CC[NH+](C)CC2)cc1. The summed E-state index contributed by atoms with van der Waals surface area (Å²) in [5.74, 6) is 0.140. The van der Waals surface area contributed by atoms with Crippen LogP contribution in [0, 0.1) is 6.92 Å². The minimum absolute atomic E-state index is 0.0601. The highest BCUT2D eigenvalue weighted by molar-refractivity contribution is 8.01. The maximum absolute atomic E-state index is 12.7. The zero-order chi connectivity index (χ0) is 17.3. The number of benzene rings is 1. The molecule has 2 saturated heterocycles. The second-order valence-electron chi connectivity index (χ2n) is 6.85. The molecule has 1 N–H and O–H groups in total. The molecule has 0 aromatic heterocycles. The van der Waals surface area contributed by atoms with Crippen molar-refractivity contribution in [3.63, 3.8) is 0 Å². The van der Waals surface area contributed by atoms with Crippen LogP contribution in [0.2, 0.25) is 0 Å². The minimum Gasteiger partial charge on any atom is -0.334 e. The maximum Gasteiger partial charge on any atom is 0.242 e. The van der Waals surface area contributed by atoms with E-state index in [0.717, 1.165) is 31.7 Å². The van der Waals surface area contributed by atoms with E-state index in [-0.39, 0.29) is 29.0 Å². The van der Waals surface area contributed by atoms with Gasteiger partial charge in [0, 0.05) is 0 Å². The predicted octanol–water partition coefficient (Wildman–Crippen LogP) is 0.314. The van der Waals surface area contributed by atoms with Crippen LogP contribution in [0.25, 0.3) is 0 Å². The third kappa shape index (κ3) is 3.59. The lowest BCUT2D eigenvalue weighted by Gasteiger charge is -2.32. The minimum atomic E-state index is -0.0963. The van der Waals surface area contributed by atoms with Crippen molar-refractivity contribution in [2.45, 2.75) is 24.5 Å². The van der Waals surface area contributed by atoms with E-state index in [2.05, 4.69) is 38.2 Å². The van der Waals surface area contributed by atoms with Crippen molar-refractivity contribution < 1.29 is 14.5 Å². The Balaban J connectivity index is 1.72. The van der Waals surface area contributed by atoms with Gasteiger partial charge in [-0.3, -0.25) is 9.59 Å². The molecule has 0 bridgehead atoms. The fourth-order valence-electron chi connectivity index (χ4n) is 3.21. The van der Waals surface area contributed by atoms with Crippen LogP contribution >= 0.6 is 11.8 Å². The average Bonchev–Trinajstić information content (AvgIpc) is 2.84. The molecule has 0 spiro atoms. The Hall–Kier alpha value is -1.53. The van der Waals surface area contributed by atoms with Crippen LogP contribution in [-0.4, -0.2) is 66.6 Å². The smallest absolute Gasteiger partial charge is 0.242 e. The van der Waals surface area contributed by atoms with E-state index in [1.54, 1.807) is 16.7 Å². The zero-order valence-corrected chi connectivity index (χ0v) is 15.4. The first-order valence-corrected chi connectivity index (χ1v) is 9.51. The molecule has 130 valence electrons. The third-order valence-corrected chi connectivity index (χ3v) is 6.28. The number of likely N-dealkylation sites (N-methyl/N-ethyl adjacent to an activating group) is 1. The summed E-state index contributed by atoms with van der Waals surface area (Å²) < 4.78 is 0. The fourth-order valence-corrected chi connectivity index (χ4v) is 4.49. The maximum atomic E-state index is 12.7. The van der Waals surface area contributed by atoms with E-state index >= 15 is 0 Å². The van der Waals surface area contributed by atoms with Crippen molar-refractivity contribution >= 4 is 23.6 Å². The van der Waals surface area contributed by atoms with E-state index in [1.807, 2.05) is 11.8 Å². The number of quaternary nitrogens is 1. The molecule has 2 aliphatic rings. The van der Waals surface area contributed by atoms with Crippen LogP contribution in [-0.2, 0) is 9.59 Å². The van der Waals surface area contributed by atoms with Crippen molar-refractivity contribution in [3.05, 3.63) is 35.4 Å². The third-order valence-electron chi connectivity index (χ3n) is 4.88. The standard InChI is InChI=1S/C18H25N3O2S/c1-13-4-6-15(7-5-13)18-21(17(23)14(2)24-18)12-16(22)20-10-8-19(3)9-11-20/h4-7,14,18H,8-12H2,1-3H3/p+1/t14-,18-/m1/s1. The number of carbonyl (C=O) groups is 2. The van der Waals surface area contributed by atoms with E-state index in [9.17, 15) is 9.59 Å². The number of aryl methyl sites for hydroxylation is 1. The zero-order valence-electron chi connectivity index (χ0n) is 14.6. The first-order chi connectivity index (χ1) is 11.5. The molecule has 5 nitrogen and oxygen atoms in total. The van der Waals surface area contributed by atoms with Gasteiger partial charge in [-0.05, 0) is 19.4 Å². The molecule has 2 heterocycles. The highest BCUT2D eigenvalue weighted by Gasteiger charge is 2.40. The summed E-state index contributed by atoms with van der Waals surface area (Å²) in [4.78, 5) is 30.3. The van der Waals surface area contributed by atoms with Gasteiger partial charge in [0.05, 0.1) is 38.5 Å². The van der Waals surface area contributed by atoms with Gasteiger partial charge in [0.15, 0.2) is 0 Å². The van der Waals surface area contributed by atoms with Gasteiger partial charge in [0.25, 0.3) is 0 Å². The highest BCUT2D eigenvalue weighted by atomic mass is 32.2. The Morgan fingerprint density at radius 2 is 1.88 bits per heavy atom. The second-order valence-corrected chi connectivity index (χ2v) is 8.27. The molecule has 1 aromatic carbocycles. The topological polar surface area (TPSA) is 45.1 Å². The van der Waals surface area contributed by atoms with E-state index in [1.165, 1.54) is 10.5 Å². The lowest BCUT2D eigenvalue weighted by molar-refractivity contribution is -0.883. The number of carbonyl (C=O) groups excluding carboxylic acids is 2. The Morgan fingerprint density at radius 3 is 2.50 bits per heavy atom. The number of nitrogens with zero attached hydrogens (tertiary/aromatic N) is 2. The van der Waals surface area contributed by atoms with Gasteiger partial charge in [-0.25, -0.2) is 0 Å². The second kappa shape index (κ2) is 7.15. The molecule has 0 saturated carbocycles. The van der Waals surface area contributed by atoms with Crippen molar-refractivity contribution in [3.8, 4) is 0 Å². The average molecular weight is 348 g/mol. The van der Waals surface area contributed by atoms with Gasteiger partial charge >= 0.3 is 0 Å². The molecule has 1 aromatic rings. The van der Waals surface area contributed by atoms with E-state index in [4.69, 9.17) is 0 Å². The Labute approximate surface area is 148 Å². The molecule has 3 rings (SSSR count). The predicted molar refractivity (Wildman–Crippen MR) is 95.9 cm³/mol. The normalized spacial score (nSPS) is 25.4. The van der Waals surface area contributed by atoms with Crippen LogP contribution in [0.1, 0.15) is 23.4 Å². The molecular formula is C18H26N3O2S+. The molecule has 2 fully saturated rings. The van der Waals surface area contributed by atoms with Crippen molar-refractivity contribution in [1.29, 1.82) is 0 Å². The van der Waals surface area contributed by atoms with Crippen LogP contribution in [0.4, 0.5) is 0 Å². The number of hydrogen-bond acceptors (Lipinski definition) is 3. The van der Waals surface area contributed by atoms with Crippen LogP contribution in [0.3, 0.4) is 0 Å². The van der Waals surface area contributed by atoms with Crippen molar-refractivity contribution in [2.75, 3.05) is 39.8 Å². The summed E-state index contributed by atoms with van der Waals surface area (Å²) in [5, 5.41) is -0.156. The van der Waals surface area contributed by atoms with E-state index < -0.39 is 0 Å². The largest absolute Gasteiger partial charge is 0.334 e. The Kier molecular flexibility index (Phi) is 5.15. The van der Waals surface area contributed by atoms with Crippen LogP contribution in [0.15, 0.2) is 24.3 Å². The first kappa shape index (κ1) is 17.3. The summed E-state index contributed by atoms with van der Waals surface area (Å²) in [5.41, 5.74) is 2.29. The molecule has 2 aliphatic heterocycles. The molecule has 6 heteroatoms. The van der Waals surface area contributed by atoms with Gasteiger partial charge in [-0.15, -0.1) is 11.8 Å². The van der Waals surface area contributed by atoms with Crippen molar-refractivity contribution in [2.24, 2.45) is 0 Å². The number of nitrogens with one attached hydrogen (secondary N) is 1. The lowest BCUT2D eigenvalue weighted by atomic mass is 10.1. The van der Waals surface area contributed by atoms with Gasteiger partial charge in [0.2, 0.25) is 11.8 Å². The monoisotopic (exact) mass is 348 g/mol. The molecule has 0 aliphatic carbocycles. The Bertz CT molecular complexity index is 611. The van der Waals surface area contributed by atoms with E-state index in [0.29, 0.717) is 0 Å². The van der Waals surface area contributed by atoms with Gasteiger partial charge in [-0.2, -0.15) is 0 Å². The molecular weight excluding hydrogens is 322 g/mol. The summed E-state index contributed by atoms with van der Waals surface area (Å²) in [7, 11) is 2.15. The van der Waals surface area contributed by atoms with Gasteiger partial charge in [-0.1, -0.05) is 29.8 Å². The molecule has 2 atom stereocenters. The quantitative estimate of drug-likeness (QED) is 0.855. The lowest BCUT2D eigenvalue weighted by Crippen LogP contribution is -3.12. The number of rotatable bonds is 3. The number of hydrogen-bond donors (Lipinski definition) is 1. The van der Waals surface area contributed by atoms with Gasteiger partial charge in [0.1, 0.15) is 11.9 Å².